The highest BCUT2D eigenvalue weighted by Crippen LogP contribution is 2.24. The monoisotopic (exact) mass is 501 g/mol. The van der Waals surface area contributed by atoms with E-state index < -0.39 is 0 Å². The number of carbonyl (C=O) groups is 1. The van der Waals surface area contributed by atoms with E-state index in [0.29, 0.717) is 34.4 Å². The van der Waals surface area contributed by atoms with Crippen molar-refractivity contribution in [1.82, 2.24) is 9.97 Å². The zero-order valence-electron chi connectivity index (χ0n) is 20.0. The molecule has 184 valence electrons. The summed E-state index contributed by atoms with van der Waals surface area (Å²) in [4.78, 5) is 21.5. The smallest absolute Gasteiger partial charge is 0.255 e. The molecule has 4 N–H and O–H groups in total. The van der Waals surface area contributed by atoms with Crippen LogP contribution in [0.4, 0.5) is 17.2 Å². The number of nitrogens with zero attached hydrogens (tertiary/aromatic N) is 2. The summed E-state index contributed by atoms with van der Waals surface area (Å²) in [5.41, 5.74) is 9.65. The molecule has 0 saturated heterocycles. The first-order chi connectivity index (χ1) is 17.5. The maximum atomic E-state index is 12.5. The van der Waals surface area contributed by atoms with Gasteiger partial charge in [-0.2, -0.15) is 0 Å². The molecule has 4 aromatic rings. The number of ether oxygens (including phenoxy) is 2. The van der Waals surface area contributed by atoms with E-state index in [1.165, 1.54) is 11.8 Å². The molecular formula is C27H27N5O3S. The van der Waals surface area contributed by atoms with E-state index in [2.05, 4.69) is 20.6 Å². The number of rotatable bonds is 10. The van der Waals surface area contributed by atoms with Gasteiger partial charge < -0.3 is 25.8 Å². The van der Waals surface area contributed by atoms with Crippen molar-refractivity contribution in [2.24, 2.45) is 0 Å². The topological polar surface area (TPSA) is 111 Å². The number of anilines is 3. The summed E-state index contributed by atoms with van der Waals surface area (Å²) >= 11 is 1.52. The molecule has 0 radical (unpaired) electrons. The average Bonchev–Trinajstić information content (AvgIpc) is 2.92. The van der Waals surface area contributed by atoms with Crippen LogP contribution in [0, 0.1) is 0 Å². The van der Waals surface area contributed by atoms with Crippen molar-refractivity contribution < 1.29 is 14.3 Å². The molecule has 1 aromatic heterocycles. The Morgan fingerprint density at radius 2 is 1.67 bits per heavy atom. The molecule has 0 unspecified atom stereocenters. The highest BCUT2D eigenvalue weighted by Gasteiger charge is 2.09. The highest BCUT2D eigenvalue weighted by atomic mass is 32.2. The summed E-state index contributed by atoms with van der Waals surface area (Å²) in [5.74, 6) is 2.66. The minimum atomic E-state index is -0.206. The van der Waals surface area contributed by atoms with Gasteiger partial charge in [-0.05, 0) is 53.6 Å². The minimum Gasteiger partial charge on any atom is -0.497 e. The van der Waals surface area contributed by atoms with Crippen LogP contribution in [0.3, 0.4) is 0 Å². The number of nitrogens with one attached hydrogen (secondary N) is 2. The van der Waals surface area contributed by atoms with E-state index in [-0.39, 0.29) is 5.91 Å². The zero-order valence-corrected chi connectivity index (χ0v) is 20.8. The molecule has 4 rings (SSSR count). The third-order valence-electron chi connectivity index (χ3n) is 5.31. The lowest BCUT2D eigenvalue weighted by Gasteiger charge is -2.10. The van der Waals surface area contributed by atoms with Crippen molar-refractivity contribution in [3.05, 3.63) is 95.7 Å². The first-order valence-electron chi connectivity index (χ1n) is 11.2. The van der Waals surface area contributed by atoms with Gasteiger partial charge in [-0.25, -0.2) is 9.97 Å². The number of carbonyl (C=O) groups excluding carboxylic acids is 1. The molecule has 0 atom stereocenters. The Morgan fingerprint density at radius 1 is 0.944 bits per heavy atom. The second-order valence-electron chi connectivity index (χ2n) is 7.83. The standard InChI is InChI=1S/C27H27N5O3S/c1-34-21-13-19(14-22(15-21)35-2)16-30-25-11-12-29-27(32-25)36-17-18-7-9-20(10-8-18)26(33)31-24-6-4-3-5-23(24)28/h3-15H,16-17,28H2,1-2H3,(H,31,33)(H,29,30,32). The van der Waals surface area contributed by atoms with Gasteiger partial charge in [0.2, 0.25) is 0 Å². The van der Waals surface area contributed by atoms with Crippen LogP contribution in [-0.2, 0) is 12.3 Å². The lowest BCUT2D eigenvalue weighted by atomic mass is 10.1. The predicted octanol–water partition coefficient (Wildman–Crippen LogP) is 5.23. The van der Waals surface area contributed by atoms with E-state index in [1.54, 1.807) is 44.7 Å². The molecule has 0 bridgehead atoms. The summed E-state index contributed by atoms with van der Waals surface area (Å²) < 4.78 is 10.7. The number of methoxy groups -OCH3 is 2. The van der Waals surface area contributed by atoms with Crippen LogP contribution >= 0.6 is 11.8 Å². The second-order valence-corrected chi connectivity index (χ2v) is 8.77. The van der Waals surface area contributed by atoms with Crippen molar-refractivity contribution >= 4 is 34.9 Å². The Balaban J connectivity index is 1.32. The maximum Gasteiger partial charge on any atom is 0.255 e. The summed E-state index contributed by atoms with van der Waals surface area (Å²) in [7, 11) is 3.26. The number of hydrogen-bond acceptors (Lipinski definition) is 8. The molecule has 0 aliphatic rings. The molecule has 0 aliphatic carbocycles. The number of nitrogen functional groups attached to an aromatic ring is 1. The summed E-state index contributed by atoms with van der Waals surface area (Å²) in [6.45, 7) is 0.562. The van der Waals surface area contributed by atoms with Crippen LogP contribution in [0.25, 0.3) is 0 Å². The predicted molar refractivity (Wildman–Crippen MR) is 144 cm³/mol. The Bertz CT molecular complexity index is 1310. The highest BCUT2D eigenvalue weighted by molar-refractivity contribution is 7.98. The van der Waals surface area contributed by atoms with Gasteiger partial charge in [0, 0.05) is 30.1 Å². The molecule has 1 heterocycles. The van der Waals surface area contributed by atoms with Crippen molar-refractivity contribution in [3.63, 3.8) is 0 Å². The van der Waals surface area contributed by atoms with E-state index in [9.17, 15) is 4.79 Å². The SMILES string of the molecule is COc1cc(CNc2ccnc(SCc3ccc(C(=O)Nc4ccccc4N)cc3)n2)cc(OC)c1. The van der Waals surface area contributed by atoms with Crippen LogP contribution in [0.2, 0.25) is 0 Å². The fraction of sp³-hybridized carbons (Fsp3) is 0.148. The van der Waals surface area contributed by atoms with E-state index in [0.717, 1.165) is 28.4 Å². The Morgan fingerprint density at radius 3 is 2.36 bits per heavy atom. The van der Waals surface area contributed by atoms with Crippen molar-refractivity contribution in [3.8, 4) is 11.5 Å². The molecule has 0 spiro atoms. The summed E-state index contributed by atoms with van der Waals surface area (Å²) in [6.07, 6.45) is 1.73. The molecule has 9 heteroatoms. The molecule has 3 aromatic carbocycles. The number of thioether (sulfide) groups is 1. The molecule has 1 amide bonds. The number of hydrogen-bond donors (Lipinski definition) is 3. The maximum absolute atomic E-state index is 12.5. The molecule has 0 fully saturated rings. The molecule has 36 heavy (non-hydrogen) atoms. The summed E-state index contributed by atoms with van der Waals surface area (Å²) in [5, 5.41) is 6.81. The van der Waals surface area contributed by atoms with E-state index in [1.807, 2.05) is 48.5 Å². The second kappa shape index (κ2) is 11.9. The van der Waals surface area contributed by atoms with Crippen LogP contribution in [0.1, 0.15) is 21.5 Å². The first-order valence-corrected chi connectivity index (χ1v) is 12.2. The van der Waals surface area contributed by atoms with E-state index in [4.69, 9.17) is 15.2 Å². The Hall–Kier alpha value is -4.24. The number of para-hydroxylation sites is 2. The molecule has 8 nitrogen and oxygen atoms in total. The summed E-state index contributed by atoms with van der Waals surface area (Å²) in [6, 6.07) is 22.2. The fourth-order valence-corrected chi connectivity index (χ4v) is 4.16. The zero-order chi connectivity index (χ0) is 25.3. The van der Waals surface area contributed by atoms with Gasteiger partial charge >= 0.3 is 0 Å². The van der Waals surface area contributed by atoms with Crippen molar-refractivity contribution in [1.29, 1.82) is 0 Å². The quantitative estimate of drug-likeness (QED) is 0.154. The molecule has 0 saturated carbocycles. The minimum absolute atomic E-state index is 0.206. The molecular weight excluding hydrogens is 474 g/mol. The molecule has 0 aliphatic heterocycles. The Labute approximate surface area is 214 Å². The lowest BCUT2D eigenvalue weighted by Crippen LogP contribution is -2.13. The number of benzene rings is 3. The fourth-order valence-electron chi connectivity index (χ4n) is 3.38. The van der Waals surface area contributed by atoms with Crippen LogP contribution < -0.4 is 25.8 Å². The van der Waals surface area contributed by atoms with Crippen molar-refractivity contribution in [2.45, 2.75) is 17.5 Å². The third kappa shape index (κ3) is 6.67. The van der Waals surface area contributed by atoms with E-state index >= 15 is 0 Å². The number of amides is 1. The third-order valence-corrected chi connectivity index (χ3v) is 6.24. The van der Waals surface area contributed by atoms with Crippen LogP contribution in [-0.4, -0.2) is 30.1 Å². The number of nitrogens with two attached hydrogens (primary N) is 1. The van der Waals surface area contributed by atoms with Crippen LogP contribution in [0.5, 0.6) is 11.5 Å². The van der Waals surface area contributed by atoms with Gasteiger partial charge in [0.25, 0.3) is 5.91 Å². The van der Waals surface area contributed by atoms with Gasteiger partial charge in [-0.3, -0.25) is 4.79 Å². The largest absolute Gasteiger partial charge is 0.497 e. The van der Waals surface area contributed by atoms with Gasteiger partial charge in [0.15, 0.2) is 5.16 Å². The van der Waals surface area contributed by atoms with Crippen molar-refractivity contribution in [2.75, 3.05) is 30.6 Å². The van der Waals surface area contributed by atoms with Gasteiger partial charge in [-0.15, -0.1) is 0 Å². The normalized spacial score (nSPS) is 10.5. The first kappa shape index (κ1) is 24.9. The Kier molecular flexibility index (Phi) is 8.25. The van der Waals surface area contributed by atoms with Gasteiger partial charge in [0.1, 0.15) is 17.3 Å². The average molecular weight is 502 g/mol. The van der Waals surface area contributed by atoms with Crippen LogP contribution in [0.15, 0.2) is 84.1 Å². The van der Waals surface area contributed by atoms with Gasteiger partial charge in [-0.1, -0.05) is 36.0 Å². The lowest BCUT2D eigenvalue weighted by molar-refractivity contribution is 0.102. The number of aromatic nitrogens is 2. The van der Waals surface area contributed by atoms with Gasteiger partial charge in [0.05, 0.1) is 25.6 Å².